The summed E-state index contributed by atoms with van der Waals surface area (Å²) in [4.78, 5) is 0. The monoisotopic (exact) mass is 279 g/mol. The topological polar surface area (TPSA) is 30.5 Å². The van der Waals surface area contributed by atoms with Crippen molar-refractivity contribution in [1.29, 1.82) is 0 Å². The van der Waals surface area contributed by atoms with Crippen LogP contribution in [-0.2, 0) is 22.6 Å². The van der Waals surface area contributed by atoms with Crippen molar-refractivity contribution in [2.24, 2.45) is 0 Å². The molecule has 0 amide bonds. The van der Waals surface area contributed by atoms with Gasteiger partial charge >= 0.3 is 0 Å². The molecule has 1 rings (SSSR count). The van der Waals surface area contributed by atoms with E-state index in [-0.39, 0.29) is 6.10 Å². The minimum atomic E-state index is 0.282. The molecular weight excluding hydrogens is 250 g/mol. The van der Waals surface area contributed by atoms with Gasteiger partial charge < -0.3 is 14.8 Å². The highest BCUT2D eigenvalue weighted by molar-refractivity contribution is 5.21. The summed E-state index contributed by atoms with van der Waals surface area (Å²) in [5.41, 5.74) is 2.53. The van der Waals surface area contributed by atoms with Crippen molar-refractivity contribution in [3.05, 3.63) is 35.4 Å². The average molecular weight is 279 g/mol. The zero-order chi connectivity index (χ0) is 14.6. The van der Waals surface area contributed by atoms with Crippen LogP contribution in [0.15, 0.2) is 24.3 Å². The Morgan fingerprint density at radius 3 is 2.40 bits per heavy atom. The molecule has 0 unspecified atom stereocenters. The number of unbranched alkanes of at least 4 members (excludes halogenated alkanes) is 1. The normalized spacial score (nSPS) is 11.2. The first-order valence-electron chi connectivity index (χ1n) is 7.70. The molecule has 0 aliphatic heterocycles. The lowest BCUT2D eigenvalue weighted by Crippen LogP contribution is -2.19. The molecule has 1 N–H and O–H groups in total. The second kappa shape index (κ2) is 10.8. The number of nitrogens with one attached hydrogen (secondary N) is 1. The predicted octanol–water partition coefficient (Wildman–Crippen LogP) is 3.52. The Kier molecular flexibility index (Phi) is 9.29. The summed E-state index contributed by atoms with van der Waals surface area (Å²) in [6, 6.07) is 8.59. The highest BCUT2D eigenvalue weighted by Crippen LogP contribution is 2.06. The second-order valence-corrected chi connectivity index (χ2v) is 5.32. The molecule has 0 fully saturated rings. The molecule has 0 aliphatic rings. The molecule has 0 radical (unpaired) electrons. The average Bonchev–Trinajstić information content (AvgIpc) is 2.45. The summed E-state index contributed by atoms with van der Waals surface area (Å²) < 4.78 is 11.1. The predicted molar refractivity (Wildman–Crippen MR) is 83.8 cm³/mol. The fourth-order valence-corrected chi connectivity index (χ4v) is 1.74. The molecule has 0 atom stereocenters. The van der Waals surface area contributed by atoms with Gasteiger partial charge in [0.05, 0.1) is 19.3 Å². The molecule has 0 saturated carbocycles. The van der Waals surface area contributed by atoms with Gasteiger partial charge in [0.25, 0.3) is 0 Å². The largest absolute Gasteiger partial charge is 0.380 e. The van der Waals surface area contributed by atoms with Crippen molar-refractivity contribution in [2.75, 3.05) is 19.8 Å². The van der Waals surface area contributed by atoms with Gasteiger partial charge in [0.2, 0.25) is 0 Å². The number of ether oxygens (including phenoxy) is 2. The summed E-state index contributed by atoms with van der Waals surface area (Å²) in [6.45, 7) is 10.4. The van der Waals surface area contributed by atoms with Gasteiger partial charge in [-0.1, -0.05) is 37.6 Å². The van der Waals surface area contributed by atoms with E-state index >= 15 is 0 Å². The maximum absolute atomic E-state index is 5.58. The van der Waals surface area contributed by atoms with E-state index in [0.717, 1.165) is 32.7 Å². The minimum absolute atomic E-state index is 0.282. The Morgan fingerprint density at radius 1 is 1.05 bits per heavy atom. The van der Waals surface area contributed by atoms with E-state index in [0.29, 0.717) is 6.61 Å². The number of hydrogen-bond donors (Lipinski definition) is 1. The van der Waals surface area contributed by atoms with E-state index in [4.69, 9.17) is 9.47 Å². The second-order valence-electron chi connectivity index (χ2n) is 5.32. The van der Waals surface area contributed by atoms with E-state index in [1.807, 2.05) is 0 Å². The maximum Gasteiger partial charge on any atom is 0.0720 e. The highest BCUT2D eigenvalue weighted by Gasteiger charge is 1.97. The first-order chi connectivity index (χ1) is 9.72. The Balaban J connectivity index is 2.12. The van der Waals surface area contributed by atoms with E-state index < -0.39 is 0 Å². The van der Waals surface area contributed by atoms with Crippen LogP contribution in [0.5, 0.6) is 0 Å². The van der Waals surface area contributed by atoms with Crippen molar-refractivity contribution in [3.63, 3.8) is 0 Å². The van der Waals surface area contributed by atoms with Gasteiger partial charge in [-0.3, -0.25) is 0 Å². The Bertz CT molecular complexity index is 335. The Morgan fingerprint density at radius 2 is 1.75 bits per heavy atom. The smallest absolute Gasteiger partial charge is 0.0720 e. The third-order valence-corrected chi connectivity index (χ3v) is 3.00. The van der Waals surface area contributed by atoms with Crippen molar-refractivity contribution in [2.45, 2.75) is 52.9 Å². The standard InChI is InChI=1S/C17H29NO2/c1-4-5-11-19-12-10-18-13-16-6-8-17(9-7-16)14-20-15(2)3/h6-9,15,18H,4-5,10-14H2,1-3H3. The first kappa shape index (κ1) is 17.2. The molecule has 0 aliphatic carbocycles. The van der Waals surface area contributed by atoms with E-state index in [9.17, 15) is 0 Å². The minimum Gasteiger partial charge on any atom is -0.380 e. The van der Waals surface area contributed by atoms with Crippen LogP contribution in [0.3, 0.4) is 0 Å². The van der Waals surface area contributed by atoms with Crippen molar-refractivity contribution >= 4 is 0 Å². The zero-order valence-electron chi connectivity index (χ0n) is 13.2. The summed E-state index contributed by atoms with van der Waals surface area (Å²) in [5.74, 6) is 0. The summed E-state index contributed by atoms with van der Waals surface area (Å²) in [7, 11) is 0. The summed E-state index contributed by atoms with van der Waals surface area (Å²) in [5, 5.41) is 3.39. The van der Waals surface area contributed by atoms with E-state index in [2.05, 4.69) is 50.4 Å². The molecule has 0 heterocycles. The third-order valence-electron chi connectivity index (χ3n) is 3.00. The van der Waals surface area contributed by atoms with E-state index in [1.165, 1.54) is 17.5 Å². The van der Waals surface area contributed by atoms with Crippen LogP contribution in [0.4, 0.5) is 0 Å². The molecule has 0 bridgehead atoms. The maximum atomic E-state index is 5.58. The first-order valence-corrected chi connectivity index (χ1v) is 7.70. The molecule has 1 aromatic carbocycles. The molecule has 0 aromatic heterocycles. The number of benzene rings is 1. The SMILES string of the molecule is CCCCOCCNCc1ccc(COC(C)C)cc1. The lowest BCUT2D eigenvalue weighted by molar-refractivity contribution is 0.0657. The van der Waals surface area contributed by atoms with Crippen LogP contribution in [0, 0.1) is 0 Å². The Hall–Kier alpha value is -0.900. The van der Waals surface area contributed by atoms with Crippen LogP contribution in [0.25, 0.3) is 0 Å². The molecule has 3 nitrogen and oxygen atoms in total. The fourth-order valence-electron chi connectivity index (χ4n) is 1.74. The number of rotatable bonds is 11. The molecule has 114 valence electrons. The van der Waals surface area contributed by atoms with Gasteiger partial charge in [-0.05, 0) is 31.4 Å². The molecule has 0 saturated heterocycles. The van der Waals surface area contributed by atoms with E-state index in [1.54, 1.807) is 0 Å². The summed E-state index contributed by atoms with van der Waals surface area (Å²) in [6.07, 6.45) is 2.63. The van der Waals surface area contributed by atoms with Gasteiger partial charge in [-0.25, -0.2) is 0 Å². The fraction of sp³-hybridized carbons (Fsp3) is 0.647. The summed E-state index contributed by atoms with van der Waals surface area (Å²) >= 11 is 0. The molecule has 20 heavy (non-hydrogen) atoms. The lowest BCUT2D eigenvalue weighted by Gasteiger charge is -2.09. The van der Waals surface area contributed by atoms with Crippen molar-refractivity contribution in [3.8, 4) is 0 Å². The van der Waals surface area contributed by atoms with Gasteiger partial charge in [0.15, 0.2) is 0 Å². The molecule has 3 heteroatoms. The van der Waals surface area contributed by atoms with Gasteiger partial charge in [-0.15, -0.1) is 0 Å². The highest BCUT2D eigenvalue weighted by atomic mass is 16.5. The third kappa shape index (κ3) is 8.31. The molecule has 1 aromatic rings. The zero-order valence-corrected chi connectivity index (χ0v) is 13.2. The van der Waals surface area contributed by atoms with Gasteiger partial charge in [0.1, 0.15) is 0 Å². The number of hydrogen-bond acceptors (Lipinski definition) is 3. The van der Waals surface area contributed by atoms with Gasteiger partial charge in [0, 0.05) is 19.7 Å². The van der Waals surface area contributed by atoms with Gasteiger partial charge in [-0.2, -0.15) is 0 Å². The van der Waals surface area contributed by atoms with Crippen molar-refractivity contribution in [1.82, 2.24) is 5.32 Å². The van der Waals surface area contributed by atoms with Crippen LogP contribution in [0.2, 0.25) is 0 Å². The molecule has 0 spiro atoms. The molecular formula is C17H29NO2. The van der Waals surface area contributed by atoms with Crippen molar-refractivity contribution < 1.29 is 9.47 Å². The van der Waals surface area contributed by atoms with Crippen LogP contribution >= 0.6 is 0 Å². The van der Waals surface area contributed by atoms with Crippen LogP contribution in [-0.4, -0.2) is 25.9 Å². The lowest BCUT2D eigenvalue weighted by atomic mass is 10.1. The van der Waals surface area contributed by atoms with Crippen LogP contribution < -0.4 is 5.32 Å². The van der Waals surface area contributed by atoms with Crippen LogP contribution in [0.1, 0.15) is 44.7 Å². The quantitative estimate of drug-likeness (QED) is 0.629. The Labute approximate surface area is 123 Å².